The average Bonchev–Trinajstić information content (AvgIpc) is 3.06. The molecule has 23 heavy (non-hydrogen) atoms. The molecule has 5 nitrogen and oxygen atoms in total. The Morgan fingerprint density at radius 3 is 2.17 bits per heavy atom. The first-order valence-corrected chi connectivity index (χ1v) is 8.65. The predicted octanol–water partition coefficient (Wildman–Crippen LogP) is 3.29. The second-order valence-corrected chi connectivity index (χ2v) is 7.00. The lowest BCUT2D eigenvalue weighted by Crippen LogP contribution is -2.14. The first-order chi connectivity index (χ1) is 11.0. The van der Waals surface area contributed by atoms with Crippen LogP contribution in [0.25, 0.3) is 5.69 Å². The van der Waals surface area contributed by atoms with Crippen molar-refractivity contribution in [2.24, 2.45) is 0 Å². The minimum atomic E-state index is -3.62. The first-order valence-electron chi connectivity index (χ1n) is 7.16. The maximum absolute atomic E-state index is 12.6. The number of aromatic nitrogens is 2. The Morgan fingerprint density at radius 1 is 0.957 bits per heavy atom. The highest BCUT2D eigenvalue weighted by Gasteiger charge is 2.16. The number of hydrogen-bond acceptors (Lipinski definition) is 3. The zero-order chi connectivity index (χ0) is 16.4. The SMILES string of the molecule is Cc1cccc(C)c1NS(=O)(=O)c1ccc(-n2cccn2)cc1. The van der Waals surface area contributed by atoms with Gasteiger partial charge in [-0.05, 0) is 55.3 Å². The number of benzene rings is 2. The van der Waals surface area contributed by atoms with Crippen molar-refractivity contribution in [1.29, 1.82) is 0 Å². The minimum Gasteiger partial charge on any atom is -0.279 e. The largest absolute Gasteiger partial charge is 0.279 e. The molecular weight excluding hydrogens is 310 g/mol. The van der Waals surface area contributed by atoms with E-state index in [0.717, 1.165) is 16.8 Å². The molecule has 118 valence electrons. The Bertz CT molecular complexity index is 895. The van der Waals surface area contributed by atoms with E-state index in [-0.39, 0.29) is 4.90 Å². The van der Waals surface area contributed by atoms with Crippen LogP contribution in [0, 0.1) is 13.8 Å². The van der Waals surface area contributed by atoms with Gasteiger partial charge in [-0.2, -0.15) is 5.10 Å². The fraction of sp³-hybridized carbons (Fsp3) is 0.118. The number of hydrogen-bond donors (Lipinski definition) is 1. The zero-order valence-electron chi connectivity index (χ0n) is 12.9. The van der Waals surface area contributed by atoms with Crippen LogP contribution in [-0.2, 0) is 10.0 Å². The number of rotatable bonds is 4. The molecule has 1 aromatic heterocycles. The number of aryl methyl sites for hydroxylation is 2. The van der Waals surface area contributed by atoms with Crippen LogP contribution in [0.5, 0.6) is 0 Å². The van der Waals surface area contributed by atoms with Gasteiger partial charge in [-0.25, -0.2) is 13.1 Å². The van der Waals surface area contributed by atoms with E-state index in [1.165, 1.54) is 0 Å². The highest BCUT2D eigenvalue weighted by Crippen LogP contribution is 2.23. The van der Waals surface area contributed by atoms with Crippen molar-refractivity contribution in [3.63, 3.8) is 0 Å². The van der Waals surface area contributed by atoms with E-state index in [0.29, 0.717) is 5.69 Å². The summed E-state index contributed by atoms with van der Waals surface area (Å²) in [4.78, 5) is 0.219. The van der Waals surface area contributed by atoms with E-state index < -0.39 is 10.0 Å². The second kappa shape index (κ2) is 5.89. The molecule has 6 heteroatoms. The summed E-state index contributed by atoms with van der Waals surface area (Å²) < 4.78 is 29.5. The molecule has 0 bridgehead atoms. The second-order valence-electron chi connectivity index (χ2n) is 5.32. The molecule has 0 spiro atoms. The van der Waals surface area contributed by atoms with E-state index in [1.54, 1.807) is 41.3 Å². The Kier molecular flexibility index (Phi) is 3.92. The minimum absolute atomic E-state index is 0.219. The van der Waals surface area contributed by atoms with Crippen molar-refractivity contribution in [2.75, 3.05) is 4.72 Å². The molecule has 1 N–H and O–H groups in total. The number of nitrogens with zero attached hydrogens (tertiary/aromatic N) is 2. The monoisotopic (exact) mass is 327 g/mol. The molecular formula is C17H17N3O2S. The Hall–Kier alpha value is -2.60. The Labute approximate surface area is 135 Å². The van der Waals surface area contributed by atoms with Crippen LogP contribution in [0.15, 0.2) is 65.8 Å². The van der Waals surface area contributed by atoms with Crippen LogP contribution in [0.2, 0.25) is 0 Å². The molecule has 1 heterocycles. The topological polar surface area (TPSA) is 64.0 Å². The molecule has 0 aliphatic rings. The summed E-state index contributed by atoms with van der Waals surface area (Å²) in [6, 6.07) is 14.1. The summed E-state index contributed by atoms with van der Waals surface area (Å²) in [7, 11) is -3.62. The van der Waals surface area contributed by atoms with Gasteiger partial charge in [0, 0.05) is 12.4 Å². The standard InChI is InChI=1S/C17H17N3O2S/c1-13-5-3-6-14(2)17(13)19-23(21,22)16-9-7-15(8-10-16)20-12-4-11-18-20/h3-12,19H,1-2H3. The highest BCUT2D eigenvalue weighted by molar-refractivity contribution is 7.92. The lowest BCUT2D eigenvalue weighted by atomic mass is 10.1. The van der Waals surface area contributed by atoms with Gasteiger partial charge in [-0.3, -0.25) is 4.72 Å². The fourth-order valence-corrected chi connectivity index (χ4v) is 3.57. The Balaban J connectivity index is 1.91. The maximum Gasteiger partial charge on any atom is 0.261 e. The molecule has 0 aliphatic heterocycles. The number of para-hydroxylation sites is 1. The third-order valence-electron chi connectivity index (χ3n) is 3.63. The van der Waals surface area contributed by atoms with Crippen molar-refractivity contribution < 1.29 is 8.42 Å². The predicted molar refractivity (Wildman–Crippen MR) is 90.3 cm³/mol. The lowest BCUT2D eigenvalue weighted by molar-refractivity contribution is 0.601. The Morgan fingerprint density at radius 2 is 1.61 bits per heavy atom. The summed E-state index contributed by atoms with van der Waals surface area (Å²) in [5.41, 5.74) is 3.22. The van der Waals surface area contributed by atoms with Gasteiger partial charge in [0.05, 0.1) is 16.3 Å². The molecule has 3 rings (SSSR count). The first kappa shape index (κ1) is 15.3. The van der Waals surface area contributed by atoms with Gasteiger partial charge in [-0.1, -0.05) is 18.2 Å². The van der Waals surface area contributed by atoms with E-state index >= 15 is 0 Å². The van der Waals surface area contributed by atoms with E-state index in [9.17, 15) is 8.42 Å². The van der Waals surface area contributed by atoms with Crippen LogP contribution in [0.1, 0.15) is 11.1 Å². The van der Waals surface area contributed by atoms with Crippen LogP contribution in [0.3, 0.4) is 0 Å². The smallest absolute Gasteiger partial charge is 0.261 e. The van der Waals surface area contributed by atoms with Crippen molar-refractivity contribution >= 4 is 15.7 Å². The van der Waals surface area contributed by atoms with Gasteiger partial charge < -0.3 is 0 Å². The molecule has 0 saturated heterocycles. The molecule has 2 aromatic carbocycles. The van der Waals surface area contributed by atoms with Gasteiger partial charge in [0.1, 0.15) is 0 Å². The summed E-state index contributed by atoms with van der Waals surface area (Å²) in [6.45, 7) is 3.76. The van der Waals surface area contributed by atoms with E-state index in [1.807, 2.05) is 38.1 Å². The molecule has 0 unspecified atom stereocenters. The molecule has 0 aliphatic carbocycles. The van der Waals surface area contributed by atoms with Crippen molar-refractivity contribution in [3.8, 4) is 5.69 Å². The van der Waals surface area contributed by atoms with Gasteiger partial charge in [0.25, 0.3) is 10.0 Å². The van der Waals surface area contributed by atoms with Gasteiger partial charge in [0.15, 0.2) is 0 Å². The molecule has 0 fully saturated rings. The highest BCUT2D eigenvalue weighted by atomic mass is 32.2. The zero-order valence-corrected chi connectivity index (χ0v) is 13.7. The van der Waals surface area contributed by atoms with E-state index in [4.69, 9.17) is 0 Å². The third kappa shape index (κ3) is 3.12. The molecule has 0 atom stereocenters. The van der Waals surface area contributed by atoms with Gasteiger partial charge >= 0.3 is 0 Å². The molecule has 0 saturated carbocycles. The summed E-state index contributed by atoms with van der Waals surface area (Å²) in [6.07, 6.45) is 3.48. The van der Waals surface area contributed by atoms with E-state index in [2.05, 4.69) is 9.82 Å². The normalized spacial score (nSPS) is 11.4. The van der Waals surface area contributed by atoms with Crippen molar-refractivity contribution in [1.82, 2.24) is 9.78 Å². The van der Waals surface area contributed by atoms with Gasteiger partial charge in [0.2, 0.25) is 0 Å². The fourth-order valence-electron chi connectivity index (χ4n) is 2.37. The van der Waals surface area contributed by atoms with Crippen LogP contribution < -0.4 is 4.72 Å². The lowest BCUT2D eigenvalue weighted by Gasteiger charge is -2.13. The van der Waals surface area contributed by atoms with Crippen LogP contribution in [-0.4, -0.2) is 18.2 Å². The molecule has 3 aromatic rings. The molecule has 0 amide bonds. The van der Waals surface area contributed by atoms with Crippen LogP contribution in [0.4, 0.5) is 5.69 Å². The summed E-state index contributed by atoms with van der Waals surface area (Å²) in [5, 5.41) is 4.12. The number of anilines is 1. The molecule has 0 radical (unpaired) electrons. The third-order valence-corrected chi connectivity index (χ3v) is 5.00. The van der Waals surface area contributed by atoms with Crippen molar-refractivity contribution in [2.45, 2.75) is 18.7 Å². The maximum atomic E-state index is 12.6. The summed E-state index contributed by atoms with van der Waals surface area (Å²) in [5.74, 6) is 0. The van der Waals surface area contributed by atoms with Gasteiger partial charge in [-0.15, -0.1) is 0 Å². The summed E-state index contributed by atoms with van der Waals surface area (Å²) >= 11 is 0. The quantitative estimate of drug-likeness (QED) is 0.800. The van der Waals surface area contributed by atoms with Crippen LogP contribution >= 0.6 is 0 Å². The average molecular weight is 327 g/mol. The van der Waals surface area contributed by atoms with Crippen molar-refractivity contribution in [3.05, 3.63) is 72.1 Å². The number of nitrogens with one attached hydrogen (secondary N) is 1. The number of sulfonamides is 1.